The van der Waals surface area contributed by atoms with Crippen LogP contribution in [0.15, 0.2) is 0 Å². The molecule has 1 fully saturated rings. The molecule has 0 aromatic carbocycles. The number of piperidine rings is 1. The van der Waals surface area contributed by atoms with Crippen molar-refractivity contribution in [3.63, 3.8) is 0 Å². The highest BCUT2D eigenvalue weighted by atomic mass is 16.5. The summed E-state index contributed by atoms with van der Waals surface area (Å²) in [7, 11) is 1.58. The maximum absolute atomic E-state index is 11.7. The molecule has 0 N–H and O–H groups in total. The van der Waals surface area contributed by atoms with Gasteiger partial charge in [0, 0.05) is 20.2 Å². The van der Waals surface area contributed by atoms with E-state index in [1.54, 1.807) is 7.11 Å². The Kier molecular flexibility index (Phi) is 3.72. The average molecular weight is 185 g/mol. The first kappa shape index (κ1) is 10.5. The number of ether oxygens (including phenoxy) is 1. The summed E-state index contributed by atoms with van der Waals surface area (Å²) in [5.41, 5.74) is 0. The van der Waals surface area contributed by atoms with Gasteiger partial charge in [-0.05, 0) is 25.7 Å². The predicted molar refractivity (Wildman–Crippen MR) is 51.4 cm³/mol. The molecule has 1 rings (SSSR count). The lowest BCUT2D eigenvalue weighted by Crippen LogP contribution is -2.44. The van der Waals surface area contributed by atoms with E-state index in [1.165, 1.54) is 6.42 Å². The molecule has 0 spiro atoms. The monoisotopic (exact) mass is 185 g/mol. The molecule has 3 nitrogen and oxygen atoms in total. The van der Waals surface area contributed by atoms with Crippen LogP contribution in [0.1, 0.15) is 26.7 Å². The van der Waals surface area contributed by atoms with Crippen LogP contribution in [0.2, 0.25) is 0 Å². The topological polar surface area (TPSA) is 29.5 Å². The zero-order valence-electron chi connectivity index (χ0n) is 8.75. The summed E-state index contributed by atoms with van der Waals surface area (Å²) in [6, 6.07) is 0. The van der Waals surface area contributed by atoms with E-state index in [-0.39, 0.29) is 12.0 Å². The smallest absolute Gasteiger partial charge is 0.251 e. The number of hydrogen-bond donors (Lipinski definition) is 0. The molecule has 13 heavy (non-hydrogen) atoms. The number of carbonyl (C=O) groups excluding carboxylic acids is 1. The van der Waals surface area contributed by atoms with Crippen molar-refractivity contribution in [2.24, 2.45) is 5.92 Å². The summed E-state index contributed by atoms with van der Waals surface area (Å²) < 4.78 is 5.01. The maximum atomic E-state index is 11.7. The molecule has 3 heteroatoms. The highest BCUT2D eigenvalue weighted by Crippen LogP contribution is 2.16. The molecule has 0 aromatic heterocycles. The quantitative estimate of drug-likeness (QED) is 0.648. The molecule has 2 unspecified atom stereocenters. The molecule has 0 aromatic rings. The number of rotatable bonds is 2. The summed E-state index contributed by atoms with van der Waals surface area (Å²) in [4.78, 5) is 13.6. The highest BCUT2D eigenvalue weighted by Gasteiger charge is 2.24. The molecule has 1 saturated heterocycles. The molecule has 1 heterocycles. The van der Waals surface area contributed by atoms with Gasteiger partial charge < -0.3 is 9.64 Å². The van der Waals surface area contributed by atoms with Crippen molar-refractivity contribution in [1.29, 1.82) is 0 Å². The van der Waals surface area contributed by atoms with Crippen LogP contribution in [0.4, 0.5) is 0 Å². The van der Waals surface area contributed by atoms with Gasteiger partial charge in [-0.2, -0.15) is 0 Å². The Labute approximate surface area is 80.1 Å². The van der Waals surface area contributed by atoms with E-state index in [4.69, 9.17) is 4.74 Å². The van der Waals surface area contributed by atoms with Crippen LogP contribution in [-0.2, 0) is 9.53 Å². The van der Waals surface area contributed by atoms with Crippen LogP contribution in [0.5, 0.6) is 0 Å². The molecule has 0 radical (unpaired) electrons. The number of amides is 1. The van der Waals surface area contributed by atoms with E-state index in [2.05, 4.69) is 6.92 Å². The second kappa shape index (κ2) is 4.61. The van der Waals surface area contributed by atoms with Gasteiger partial charge in [-0.25, -0.2) is 0 Å². The first-order valence-corrected chi connectivity index (χ1v) is 4.96. The largest absolute Gasteiger partial charge is 0.372 e. The molecule has 1 aliphatic heterocycles. The molecule has 0 aliphatic carbocycles. The van der Waals surface area contributed by atoms with Gasteiger partial charge in [-0.3, -0.25) is 4.79 Å². The fourth-order valence-electron chi connectivity index (χ4n) is 1.75. The van der Waals surface area contributed by atoms with Crippen molar-refractivity contribution in [3.8, 4) is 0 Å². The Balaban J connectivity index is 2.46. The van der Waals surface area contributed by atoms with E-state index in [1.807, 2.05) is 11.8 Å². The molecule has 76 valence electrons. The van der Waals surface area contributed by atoms with Crippen LogP contribution in [0.3, 0.4) is 0 Å². The normalized spacial score (nSPS) is 25.8. The van der Waals surface area contributed by atoms with Crippen molar-refractivity contribution in [2.75, 3.05) is 20.2 Å². The van der Waals surface area contributed by atoms with Crippen molar-refractivity contribution >= 4 is 5.91 Å². The lowest BCUT2D eigenvalue weighted by molar-refractivity contribution is -0.142. The summed E-state index contributed by atoms with van der Waals surface area (Å²) in [6.07, 6.45) is 2.08. The third-order valence-corrected chi connectivity index (χ3v) is 2.67. The number of likely N-dealkylation sites (tertiary alicyclic amines) is 1. The minimum absolute atomic E-state index is 0.133. The Morgan fingerprint density at radius 2 is 2.31 bits per heavy atom. The molecular weight excluding hydrogens is 166 g/mol. The summed E-state index contributed by atoms with van der Waals surface area (Å²) in [5.74, 6) is 0.774. The lowest BCUT2D eigenvalue weighted by Gasteiger charge is -2.32. The zero-order chi connectivity index (χ0) is 9.84. The molecule has 1 aliphatic rings. The average Bonchev–Trinajstić information content (AvgIpc) is 2.15. The van der Waals surface area contributed by atoms with Crippen LogP contribution in [0.25, 0.3) is 0 Å². The van der Waals surface area contributed by atoms with Gasteiger partial charge in [0.15, 0.2) is 0 Å². The van der Waals surface area contributed by atoms with Crippen LogP contribution in [-0.4, -0.2) is 37.1 Å². The van der Waals surface area contributed by atoms with E-state index >= 15 is 0 Å². The van der Waals surface area contributed by atoms with Crippen LogP contribution >= 0.6 is 0 Å². The van der Waals surface area contributed by atoms with Gasteiger partial charge in [0.1, 0.15) is 6.10 Å². The maximum Gasteiger partial charge on any atom is 0.251 e. The second-order valence-electron chi connectivity index (χ2n) is 3.91. The van der Waals surface area contributed by atoms with Crippen LogP contribution < -0.4 is 0 Å². The predicted octanol–water partition coefficient (Wildman–Crippen LogP) is 1.28. The molecule has 0 bridgehead atoms. The summed E-state index contributed by atoms with van der Waals surface area (Å²) in [6.45, 7) is 5.79. The Morgan fingerprint density at radius 3 is 2.85 bits per heavy atom. The van der Waals surface area contributed by atoms with Gasteiger partial charge in [0.25, 0.3) is 5.91 Å². The van der Waals surface area contributed by atoms with E-state index in [9.17, 15) is 4.79 Å². The third-order valence-electron chi connectivity index (χ3n) is 2.67. The van der Waals surface area contributed by atoms with E-state index < -0.39 is 0 Å². The third kappa shape index (κ3) is 2.69. The highest BCUT2D eigenvalue weighted by molar-refractivity contribution is 5.80. The number of methoxy groups -OCH3 is 1. The van der Waals surface area contributed by atoms with Crippen LogP contribution in [0, 0.1) is 5.92 Å². The minimum Gasteiger partial charge on any atom is -0.372 e. The zero-order valence-corrected chi connectivity index (χ0v) is 8.75. The van der Waals surface area contributed by atoms with Gasteiger partial charge in [-0.15, -0.1) is 0 Å². The van der Waals surface area contributed by atoms with Crippen molar-refractivity contribution in [3.05, 3.63) is 0 Å². The Morgan fingerprint density at radius 1 is 1.62 bits per heavy atom. The van der Waals surface area contributed by atoms with Crippen molar-refractivity contribution in [1.82, 2.24) is 4.90 Å². The number of carbonyl (C=O) groups is 1. The fraction of sp³-hybridized carbons (Fsp3) is 0.900. The van der Waals surface area contributed by atoms with Gasteiger partial charge in [0.05, 0.1) is 0 Å². The summed E-state index contributed by atoms with van der Waals surface area (Å²) in [5, 5.41) is 0. The van der Waals surface area contributed by atoms with Gasteiger partial charge in [-0.1, -0.05) is 6.92 Å². The summed E-state index contributed by atoms with van der Waals surface area (Å²) >= 11 is 0. The molecule has 0 saturated carbocycles. The SMILES string of the molecule is COC(C)C(=O)N1CCCC(C)C1. The minimum atomic E-state index is -0.287. The second-order valence-corrected chi connectivity index (χ2v) is 3.91. The number of hydrogen-bond acceptors (Lipinski definition) is 2. The Hall–Kier alpha value is -0.570. The first-order chi connectivity index (χ1) is 6.15. The standard InChI is InChI=1S/C10H19NO2/c1-8-5-4-6-11(7-8)10(12)9(2)13-3/h8-9H,4-7H2,1-3H3. The molecule has 2 atom stereocenters. The molecule has 1 amide bonds. The first-order valence-electron chi connectivity index (χ1n) is 4.96. The fourth-order valence-corrected chi connectivity index (χ4v) is 1.75. The van der Waals surface area contributed by atoms with Crippen molar-refractivity contribution < 1.29 is 9.53 Å². The lowest BCUT2D eigenvalue weighted by atomic mass is 10.00. The Bertz CT molecular complexity index is 182. The van der Waals surface area contributed by atoms with Gasteiger partial charge in [0.2, 0.25) is 0 Å². The number of nitrogens with zero attached hydrogens (tertiary/aromatic N) is 1. The van der Waals surface area contributed by atoms with Gasteiger partial charge >= 0.3 is 0 Å². The van der Waals surface area contributed by atoms with Crippen molar-refractivity contribution in [2.45, 2.75) is 32.8 Å². The van der Waals surface area contributed by atoms with E-state index in [0.717, 1.165) is 19.5 Å². The van der Waals surface area contributed by atoms with E-state index in [0.29, 0.717) is 5.92 Å². The molecular formula is C10H19NO2.